The van der Waals surface area contributed by atoms with E-state index < -0.39 is 0 Å². The summed E-state index contributed by atoms with van der Waals surface area (Å²) in [7, 11) is 2.17. The summed E-state index contributed by atoms with van der Waals surface area (Å²) >= 11 is 1.50. The van der Waals surface area contributed by atoms with Crippen LogP contribution in [0.1, 0.15) is 31.2 Å². The van der Waals surface area contributed by atoms with Crippen molar-refractivity contribution < 1.29 is 9.84 Å². The number of nitrogens with zero attached hydrogens (tertiary/aromatic N) is 1. The molecular weight excluding hydrogens is 418 g/mol. The minimum Gasteiger partial charge on any atom is -0.507 e. The number of phenols is 1. The Balaban J connectivity index is 1.24. The van der Waals surface area contributed by atoms with Gasteiger partial charge in [0.1, 0.15) is 11.5 Å². The molecule has 0 spiro atoms. The maximum atomic E-state index is 12.7. The molecule has 0 atom stereocenters. The van der Waals surface area contributed by atoms with E-state index in [0.29, 0.717) is 23.1 Å². The van der Waals surface area contributed by atoms with Crippen molar-refractivity contribution in [3.63, 3.8) is 0 Å². The van der Waals surface area contributed by atoms with Gasteiger partial charge in [-0.1, -0.05) is 55.3 Å². The van der Waals surface area contributed by atoms with Crippen LogP contribution in [0.5, 0.6) is 11.5 Å². The number of hydrogen-bond acceptors (Lipinski definition) is 5. The number of fused-ring (bicyclic) bond motifs is 2. The van der Waals surface area contributed by atoms with Crippen molar-refractivity contribution in [2.75, 3.05) is 20.2 Å². The fourth-order valence-corrected chi connectivity index (χ4v) is 5.09. The average Bonchev–Trinajstić information content (AvgIpc) is 2.79. The van der Waals surface area contributed by atoms with Gasteiger partial charge in [0, 0.05) is 27.4 Å². The Morgan fingerprint density at radius 1 is 0.906 bits per heavy atom. The van der Waals surface area contributed by atoms with Gasteiger partial charge < -0.3 is 14.7 Å². The van der Waals surface area contributed by atoms with Gasteiger partial charge in [0.25, 0.3) is 0 Å². The molecule has 4 rings (SSSR count). The second kappa shape index (κ2) is 10.6. The van der Waals surface area contributed by atoms with Gasteiger partial charge in [-0.3, -0.25) is 4.79 Å². The zero-order valence-corrected chi connectivity index (χ0v) is 19.2. The van der Waals surface area contributed by atoms with Gasteiger partial charge in [0.2, 0.25) is 0 Å². The molecule has 0 aliphatic carbocycles. The molecule has 1 aromatic heterocycles. The number of ether oxygens (including phenoxy) is 1. The van der Waals surface area contributed by atoms with Crippen molar-refractivity contribution >= 4 is 31.5 Å². The normalized spacial score (nSPS) is 11.4. The Labute approximate surface area is 192 Å². The predicted octanol–water partition coefficient (Wildman–Crippen LogP) is 6.19. The lowest BCUT2D eigenvalue weighted by Crippen LogP contribution is -2.19. The Morgan fingerprint density at radius 2 is 1.66 bits per heavy atom. The molecule has 0 aliphatic rings. The molecule has 0 aliphatic heterocycles. The molecule has 5 heteroatoms. The number of benzene rings is 3. The smallest absolute Gasteiger partial charge is 0.199 e. The van der Waals surface area contributed by atoms with Gasteiger partial charge in [-0.15, -0.1) is 11.3 Å². The standard InChI is InChI=1S/C27H29NO3S/c1-28(19-20-11-5-4-6-12-20)15-9-2-3-10-16-31-21-17-23(29)26-25(18-21)32-24-14-8-7-13-22(24)27(26)30/h4-8,11-14,17-18,29H,2-3,9-10,15-16,19H2,1H3. The quantitative estimate of drug-likeness (QED) is 0.233. The molecule has 1 heterocycles. The lowest BCUT2D eigenvalue weighted by atomic mass is 10.1. The summed E-state index contributed by atoms with van der Waals surface area (Å²) in [6.45, 7) is 2.67. The first-order chi connectivity index (χ1) is 15.6. The van der Waals surface area contributed by atoms with Crippen molar-refractivity contribution in [3.8, 4) is 11.5 Å². The zero-order valence-electron chi connectivity index (χ0n) is 18.4. The van der Waals surface area contributed by atoms with Gasteiger partial charge in [0.15, 0.2) is 5.43 Å². The minimum atomic E-state index is -0.129. The van der Waals surface area contributed by atoms with E-state index in [2.05, 4.69) is 42.3 Å². The largest absolute Gasteiger partial charge is 0.507 e. The zero-order chi connectivity index (χ0) is 22.3. The summed E-state index contributed by atoms with van der Waals surface area (Å²) in [6.07, 6.45) is 4.41. The Bertz CT molecular complexity index is 1240. The fourth-order valence-electron chi connectivity index (χ4n) is 3.97. The summed E-state index contributed by atoms with van der Waals surface area (Å²) in [5.74, 6) is 0.606. The van der Waals surface area contributed by atoms with E-state index in [4.69, 9.17) is 4.74 Å². The molecule has 0 fully saturated rings. The summed E-state index contributed by atoms with van der Waals surface area (Å²) in [4.78, 5) is 15.1. The van der Waals surface area contributed by atoms with Crippen LogP contribution < -0.4 is 10.2 Å². The highest BCUT2D eigenvalue weighted by Crippen LogP contribution is 2.33. The molecule has 0 radical (unpaired) electrons. The number of hydrogen-bond donors (Lipinski definition) is 1. The number of unbranched alkanes of at least 4 members (excludes halogenated alkanes) is 3. The molecule has 0 unspecified atom stereocenters. The van der Waals surface area contributed by atoms with Crippen LogP contribution in [0.2, 0.25) is 0 Å². The molecule has 4 nitrogen and oxygen atoms in total. The van der Waals surface area contributed by atoms with E-state index in [1.165, 1.54) is 29.7 Å². The summed E-state index contributed by atoms with van der Waals surface area (Å²) in [6, 6.07) is 21.5. The maximum absolute atomic E-state index is 12.7. The van der Waals surface area contributed by atoms with Gasteiger partial charge in [-0.05, 0) is 50.2 Å². The van der Waals surface area contributed by atoms with Gasteiger partial charge >= 0.3 is 0 Å². The van der Waals surface area contributed by atoms with Gasteiger partial charge in [-0.25, -0.2) is 0 Å². The molecule has 0 amide bonds. The molecule has 0 saturated heterocycles. The maximum Gasteiger partial charge on any atom is 0.199 e. The van der Waals surface area contributed by atoms with E-state index in [1.54, 1.807) is 12.1 Å². The predicted molar refractivity (Wildman–Crippen MR) is 134 cm³/mol. The summed E-state index contributed by atoms with van der Waals surface area (Å²) < 4.78 is 7.56. The molecular formula is C27H29NO3S. The first-order valence-electron chi connectivity index (χ1n) is 11.2. The van der Waals surface area contributed by atoms with Crippen LogP contribution in [0, 0.1) is 0 Å². The van der Waals surface area contributed by atoms with Crippen LogP contribution in [0.3, 0.4) is 0 Å². The highest BCUT2D eigenvalue weighted by molar-refractivity contribution is 7.24. The molecule has 1 N–H and O–H groups in total. The molecule has 0 saturated carbocycles. The van der Waals surface area contributed by atoms with Crippen molar-refractivity contribution in [1.82, 2.24) is 4.90 Å². The lowest BCUT2D eigenvalue weighted by molar-refractivity contribution is 0.293. The van der Waals surface area contributed by atoms with E-state index in [9.17, 15) is 9.90 Å². The number of phenolic OH excluding ortho intramolecular Hbond substituents is 1. The molecule has 4 aromatic rings. The van der Waals surface area contributed by atoms with Crippen molar-refractivity contribution in [2.24, 2.45) is 0 Å². The second-order valence-electron chi connectivity index (χ2n) is 8.23. The third-order valence-corrected chi connectivity index (χ3v) is 6.75. The molecule has 166 valence electrons. The summed E-state index contributed by atoms with van der Waals surface area (Å²) in [5.41, 5.74) is 1.22. The average molecular weight is 448 g/mol. The van der Waals surface area contributed by atoms with Crippen LogP contribution in [-0.4, -0.2) is 30.2 Å². The van der Waals surface area contributed by atoms with E-state index in [-0.39, 0.29) is 11.2 Å². The SMILES string of the molecule is CN(CCCCCCOc1cc(O)c2c(=O)c3ccccc3sc2c1)Cc1ccccc1. The highest BCUT2D eigenvalue weighted by Gasteiger charge is 2.12. The van der Waals surface area contributed by atoms with Gasteiger partial charge in [-0.2, -0.15) is 0 Å². The minimum absolute atomic E-state index is 0.00837. The third-order valence-electron chi connectivity index (χ3n) is 5.63. The van der Waals surface area contributed by atoms with E-state index >= 15 is 0 Å². The number of rotatable bonds is 10. The van der Waals surface area contributed by atoms with Crippen LogP contribution >= 0.6 is 11.3 Å². The molecule has 3 aromatic carbocycles. The van der Waals surface area contributed by atoms with Crippen LogP contribution in [-0.2, 0) is 6.54 Å². The topological polar surface area (TPSA) is 49.8 Å². The van der Waals surface area contributed by atoms with Crippen molar-refractivity contribution in [2.45, 2.75) is 32.2 Å². The van der Waals surface area contributed by atoms with Crippen molar-refractivity contribution in [1.29, 1.82) is 0 Å². The second-order valence-corrected chi connectivity index (χ2v) is 9.31. The first-order valence-corrected chi connectivity index (χ1v) is 12.0. The Hall–Kier alpha value is -2.89. The Kier molecular flexibility index (Phi) is 7.40. The van der Waals surface area contributed by atoms with Crippen molar-refractivity contribution in [3.05, 3.63) is 82.5 Å². The molecule has 0 bridgehead atoms. The lowest BCUT2D eigenvalue weighted by Gasteiger charge is -2.16. The van der Waals surface area contributed by atoms with E-state index in [0.717, 1.165) is 35.3 Å². The van der Waals surface area contributed by atoms with Gasteiger partial charge in [0.05, 0.1) is 12.0 Å². The van der Waals surface area contributed by atoms with Crippen LogP contribution in [0.15, 0.2) is 71.5 Å². The molecule has 32 heavy (non-hydrogen) atoms. The van der Waals surface area contributed by atoms with Crippen LogP contribution in [0.4, 0.5) is 0 Å². The van der Waals surface area contributed by atoms with Crippen LogP contribution in [0.25, 0.3) is 20.2 Å². The first kappa shape index (κ1) is 22.3. The highest BCUT2D eigenvalue weighted by atomic mass is 32.1. The van der Waals surface area contributed by atoms with E-state index in [1.807, 2.05) is 24.3 Å². The summed E-state index contributed by atoms with van der Waals surface area (Å²) in [5, 5.41) is 11.5. The Morgan fingerprint density at radius 3 is 2.50 bits per heavy atom. The fraction of sp³-hybridized carbons (Fsp3) is 0.296. The number of aromatic hydroxyl groups is 1. The third kappa shape index (κ3) is 5.47. The monoisotopic (exact) mass is 447 g/mol.